The van der Waals surface area contributed by atoms with E-state index in [-0.39, 0.29) is 26.9 Å². The molecule has 0 unspecified atom stereocenters. The minimum absolute atomic E-state index is 0.154. The molecule has 2 atom stereocenters. The Hall–Kier alpha value is -3.55. The van der Waals surface area contributed by atoms with Crippen LogP contribution in [0.15, 0.2) is 67.0 Å². The van der Waals surface area contributed by atoms with Crippen molar-refractivity contribution in [3.8, 4) is 0 Å². The molecule has 7 nitrogen and oxygen atoms in total. The van der Waals surface area contributed by atoms with E-state index in [1.54, 1.807) is 18.2 Å². The van der Waals surface area contributed by atoms with E-state index in [1.807, 2.05) is 0 Å². The molecule has 0 saturated carbocycles. The van der Waals surface area contributed by atoms with Crippen molar-refractivity contribution in [3.05, 3.63) is 93.7 Å². The van der Waals surface area contributed by atoms with Gasteiger partial charge in [-0.05, 0) is 36.4 Å². The molecule has 0 bridgehead atoms. The average Bonchev–Trinajstić information content (AvgIpc) is 3.13. The molecule has 0 saturated heterocycles. The lowest BCUT2D eigenvalue weighted by Gasteiger charge is -2.21. The maximum absolute atomic E-state index is 13.3. The van der Waals surface area contributed by atoms with Crippen LogP contribution in [0.25, 0.3) is 0 Å². The summed E-state index contributed by atoms with van der Waals surface area (Å²) < 4.78 is 5.38. The lowest BCUT2D eigenvalue weighted by molar-refractivity contribution is -0.138. The quantitative estimate of drug-likeness (QED) is 0.250. The van der Waals surface area contributed by atoms with Gasteiger partial charge in [-0.2, -0.15) is 0 Å². The van der Waals surface area contributed by atoms with Gasteiger partial charge in [0.2, 0.25) is 5.78 Å². The summed E-state index contributed by atoms with van der Waals surface area (Å²) in [6.45, 7) is 0. The number of carbonyl (C=O) groups excluding carboxylic acids is 4. The fourth-order valence-corrected chi connectivity index (χ4v) is 3.72. The summed E-state index contributed by atoms with van der Waals surface area (Å²) in [5.41, 5.74) is 0.973. The number of ether oxygens (including phenoxy) is 1. The Morgan fingerprint density at radius 3 is 2.41 bits per heavy atom. The SMILES string of the molecule is O=C(Nc1ccc(Cl)c(Cl)c1)C(=O)[C@@H](C(=O)c1ccncc1)[C@H]1OC(=O)c2ccccc21. The second kappa shape index (κ2) is 8.90. The van der Waals surface area contributed by atoms with Crippen molar-refractivity contribution < 1.29 is 23.9 Å². The molecule has 0 fully saturated rings. The Morgan fingerprint density at radius 1 is 0.969 bits per heavy atom. The molecule has 3 aromatic rings. The molecule has 2 heterocycles. The molecule has 160 valence electrons. The number of hydrogen-bond acceptors (Lipinski definition) is 6. The highest BCUT2D eigenvalue weighted by Gasteiger charge is 2.46. The van der Waals surface area contributed by atoms with E-state index < -0.39 is 35.5 Å². The summed E-state index contributed by atoms with van der Waals surface area (Å²) in [6.07, 6.45) is 1.53. The van der Waals surface area contributed by atoms with Crippen molar-refractivity contribution in [2.75, 3.05) is 5.32 Å². The highest BCUT2D eigenvalue weighted by atomic mass is 35.5. The molecular weight excluding hydrogens is 455 g/mol. The minimum Gasteiger partial charge on any atom is -0.453 e. The smallest absolute Gasteiger partial charge is 0.339 e. The number of hydrogen-bond donors (Lipinski definition) is 1. The Morgan fingerprint density at radius 2 is 1.69 bits per heavy atom. The third kappa shape index (κ3) is 4.12. The Bertz CT molecular complexity index is 1250. The number of amides is 1. The third-order valence-electron chi connectivity index (χ3n) is 4.96. The van der Waals surface area contributed by atoms with Crippen molar-refractivity contribution in [1.29, 1.82) is 0 Å². The van der Waals surface area contributed by atoms with Gasteiger partial charge in [-0.1, -0.05) is 41.4 Å². The summed E-state index contributed by atoms with van der Waals surface area (Å²) in [5, 5.41) is 2.87. The van der Waals surface area contributed by atoms with Gasteiger partial charge >= 0.3 is 5.97 Å². The molecule has 1 N–H and O–H groups in total. The molecular formula is C23H14Cl2N2O5. The zero-order chi connectivity index (χ0) is 22.8. The third-order valence-corrected chi connectivity index (χ3v) is 5.69. The van der Waals surface area contributed by atoms with Crippen molar-refractivity contribution in [1.82, 2.24) is 4.98 Å². The number of fused-ring (bicyclic) bond motifs is 1. The van der Waals surface area contributed by atoms with Crippen LogP contribution in [0.3, 0.4) is 0 Å². The lowest BCUT2D eigenvalue weighted by atomic mass is 9.85. The summed E-state index contributed by atoms with van der Waals surface area (Å²) in [6, 6.07) is 13.5. The molecule has 4 rings (SSSR count). The minimum atomic E-state index is -1.59. The number of pyridine rings is 1. The molecule has 0 aliphatic carbocycles. The summed E-state index contributed by atoms with van der Waals surface area (Å²) in [4.78, 5) is 55.5. The summed E-state index contributed by atoms with van der Waals surface area (Å²) >= 11 is 11.8. The zero-order valence-corrected chi connectivity index (χ0v) is 17.8. The van der Waals surface area contributed by atoms with Gasteiger partial charge in [0.1, 0.15) is 12.0 Å². The van der Waals surface area contributed by atoms with Gasteiger partial charge in [-0.15, -0.1) is 0 Å². The number of nitrogens with one attached hydrogen (secondary N) is 1. The number of esters is 1. The Labute approximate surface area is 192 Å². The molecule has 1 aliphatic heterocycles. The van der Waals surface area contributed by atoms with E-state index >= 15 is 0 Å². The molecule has 32 heavy (non-hydrogen) atoms. The Balaban J connectivity index is 1.70. The molecule has 9 heteroatoms. The molecule has 1 amide bonds. The summed E-state index contributed by atoms with van der Waals surface area (Å²) in [5.74, 6) is -5.05. The number of ketones is 2. The largest absolute Gasteiger partial charge is 0.453 e. The molecule has 2 aromatic carbocycles. The van der Waals surface area contributed by atoms with Crippen LogP contribution < -0.4 is 5.32 Å². The fourth-order valence-electron chi connectivity index (χ4n) is 3.42. The monoisotopic (exact) mass is 468 g/mol. The standard InChI is InChI=1S/C23H14Cl2N2O5/c24-16-6-5-13(11-17(16)25)27-22(30)20(29)18(19(28)12-7-9-26-10-8-12)21-14-3-1-2-4-15(14)23(31)32-21/h1-11,18,21H,(H,27,30)/t18-,21+/m1/s1. The van der Waals surface area contributed by atoms with Crippen LogP contribution in [-0.4, -0.2) is 28.4 Å². The van der Waals surface area contributed by atoms with E-state index in [1.165, 1.54) is 48.8 Å². The maximum Gasteiger partial charge on any atom is 0.339 e. The van der Waals surface area contributed by atoms with Gasteiger partial charge in [0, 0.05) is 29.2 Å². The van der Waals surface area contributed by atoms with E-state index in [0.717, 1.165) is 0 Å². The van der Waals surface area contributed by atoms with Gasteiger partial charge in [0.05, 0.1) is 15.6 Å². The van der Waals surface area contributed by atoms with E-state index in [2.05, 4.69) is 10.3 Å². The first kappa shape index (κ1) is 21.7. The highest BCUT2D eigenvalue weighted by molar-refractivity contribution is 6.46. The maximum atomic E-state index is 13.3. The van der Waals surface area contributed by atoms with Crippen LogP contribution in [0.5, 0.6) is 0 Å². The average molecular weight is 469 g/mol. The van der Waals surface area contributed by atoms with Crippen molar-refractivity contribution in [3.63, 3.8) is 0 Å². The number of benzene rings is 2. The predicted molar refractivity (Wildman–Crippen MR) is 117 cm³/mol. The lowest BCUT2D eigenvalue weighted by Crippen LogP contribution is -2.38. The number of rotatable bonds is 6. The first-order valence-electron chi connectivity index (χ1n) is 9.41. The van der Waals surface area contributed by atoms with Crippen molar-refractivity contribution in [2.24, 2.45) is 5.92 Å². The number of anilines is 1. The number of cyclic esters (lactones) is 1. The van der Waals surface area contributed by atoms with Crippen molar-refractivity contribution >= 4 is 52.3 Å². The van der Waals surface area contributed by atoms with Crippen LogP contribution in [0.1, 0.15) is 32.4 Å². The van der Waals surface area contributed by atoms with Gasteiger partial charge < -0.3 is 10.1 Å². The number of aromatic nitrogens is 1. The number of Topliss-reactive ketones (excluding diaryl/α,β-unsaturated/α-hetero) is 2. The van der Waals surface area contributed by atoms with E-state index in [9.17, 15) is 19.2 Å². The first-order chi connectivity index (χ1) is 15.4. The normalized spacial score (nSPS) is 15.4. The number of nitrogens with zero attached hydrogens (tertiary/aromatic N) is 1. The second-order valence-corrected chi connectivity index (χ2v) is 7.75. The van der Waals surface area contributed by atoms with Gasteiger partial charge in [0.15, 0.2) is 5.78 Å². The number of carbonyl (C=O) groups is 4. The fraction of sp³-hybridized carbons (Fsp3) is 0.0870. The molecule has 0 spiro atoms. The zero-order valence-electron chi connectivity index (χ0n) is 16.2. The first-order valence-corrected chi connectivity index (χ1v) is 10.2. The molecule has 1 aromatic heterocycles. The van der Waals surface area contributed by atoms with E-state index in [0.29, 0.717) is 5.56 Å². The van der Waals surface area contributed by atoms with E-state index in [4.69, 9.17) is 27.9 Å². The van der Waals surface area contributed by atoms with Crippen LogP contribution in [0.2, 0.25) is 10.0 Å². The topological polar surface area (TPSA) is 102 Å². The van der Waals surface area contributed by atoms with Crippen molar-refractivity contribution in [2.45, 2.75) is 6.10 Å². The van der Waals surface area contributed by atoms with Crippen LogP contribution in [0, 0.1) is 5.92 Å². The summed E-state index contributed by atoms with van der Waals surface area (Å²) in [7, 11) is 0. The molecule has 0 radical (unpaired) electrons. The Kier molecular flexibility index (Phi) is 6.03. The second-order valence-electron chi connectivity index (χ2n) is 6.94. The van der Waals surface area contributed by atoms with Crippen LogP contribution >= 0.6 is 23.2 Å². The highest BCUT2D eigenvalue weighted by Crippen LogP contribution is 2.38. The van der Waals surface area contributed by atoms with Crippen LogP contribution in [0.4, 0.5) is 5.69 Å². The number of halogens is 2. The van der Waals surface area contributed by atoms with Gasteiger partial charge in [0.25, 0.3) is 5.91 Å². The van der Waals surface area contributed by atoms with Gasteiger partial charge in [-0.25, -0.2) is 4.79 Å². The van der Waals surface area contributed by atoms with Crippen LogP contribution in [-0.2, 0) is 14.3 Å². The van der Waals surface area contributed by atoms with Gasteiger partial charge in [-0.3, -0.25) is 19.4 Å². The molecule has 1 aliphatic rings. The predicted octanol–water partition coefficient (Wildman–Crippen LogP) is 4.31.